The molecule has 0 saturated heterocycles. The van der Waals surface area contributed by atoms with Gasteiger partial charge in [0.1, 0.15) is 12.4 Å². The number of carboxylic acid groups (broad SMARTS) is 1. The molecule has 25 heavy (non-hydrogen) atoms. The van der Waals surface area contributed by atoms with Crippen LogP contribution in [0.15, 0.2) is 36.4 Å². The van der Waals surface area contributed by atoms with Crippen molar-refractivity contribution in [3.8, 4) is 5.75 Å². The lowest BCUT2D eigenvalue weighted by molar-refractivity contribution is -0.131. The minimum atomic E-state index is -1.45. The first-order valence-corrected chi connectivity index (χ1v) is 8.44. The van der Waals surface area contributed by atoms with Gasteiger partial charge in [-0.05, 0) is 60.6 Å². The van der Waals surface area contributed by atoms with Gasteiger partial charge in [-0.3, -0.25) is 4.79 Å². The Morgan fingerprint density at radius 2 is 1.64 bits per heavy atom. The monoisotopic (exact) mass is 340 g/mol. The molecule has 2 rings (SSSR count). The molecule has 0 fully saturated rings. The number of aliphatic carboxylic acids is 1. The Morgan fingerprint density at radius 3 is 2.12 bits per heavy atom. The molecule has 0 aliphatic rings. The number of aryl methyl sites for hydroxylation is 2. The molecular weight excluding hydrogens is 316 g/mol. The van der Waals surface area contributed by atoms with E-state index in [1.54, 1.807) is 12.1 Å². The predicted molar refractivity (Wildman–Crippen MR) is 97.4 cm³/mol. The van der Waals surface area contributed by atoms with Crippen molar-refractivity contribution in [1.82, 2.24) is 0 Å². The lowest BCUT2D eigenvalue weighted by atomic mass is 9.98. The molecule has 0 bridgehead atoms. The molecule has 0 aromatic heterocycles. The van der Waals surface area contributed by atoms with E-state index in [9.17, 15) is 9.59 Å². The second-order valence-electron chi connectivity index (χ2n) is 6.41. The van der Waals surface area contributed by atoms with Crippen LogP contribution in [0.1, 0.15) is 58.8 Å². The normalized spacial score (nSPS) is 11.8. The van der Waals surface area contributed by atoms with E-state index < -0.39 is 11.8 Å². The highest BCUT2D eigenvalue weighted by Crippen LogP contribution is 2.26. The Bertz CT molecular complexity index is 752. The summed E-state index contributed by atoms with van der Waals surface area (Å²) in [5.74, 6) is -1.13. The molecule has 0 amide bonds. The third kappa shape index (κ3) is 4.47. The van der Waals surface area contributed by atoms with Crippen molar-refractivity contribution in [3.05, 3.63) is 64.2 Å². The number of carbonyl (C=O) groups is 2. The van der Waals surface area contributed by atoms with Crippen molar-refractivity contribution in [1.29, 1.82) is 0 Å². The van der Waals surface area contributed by atoms with Crippen LogP contribution < -0.4 is 4.74 Å². The van der Waals surface area contributed by atoms with Gasteiger partial charge in [-0.15, -0.1) is 0 Å². The minimum Gasteiger partial charge on any atom is -0.488 e. The maximum Gasteiger partial charge on any atom is 0.377 e. The van der Waals surface area contributed by atoms with Crippen molar-refractivity contribution in [2.45, 2.75) is 46.6 Å². The maximum absolute atomic E-state index is 11.6. The summed E-state index contributed by atoms with van der Waals surface area (Å²) in [5.41, 5.74) is 4.06. The number of carboxylic acids is 1. The molecule has 1 atom stereocenters. The third-order valence-electron chi connectivity index (χ3n) is 4.46. The second kappa shape index (κ2) is 7.97. The van der Waals surface area contributed by atoms with Crippen LogP contribution in [0.25, 0.3) is 0 Å². The van der Waals surface area contributed by atoms with E-state index in [1.807, 2.05) is 13.8 Å². The fraction of sp³-hybridized carbons (Fsp3) is 0.333. The van der Waals surface area contributed by atoms with E-state index in [4.69, 9.17) is 9.84 Å². The van der Waals surface area contributed by atoms with Gasteiger partial charge in [0.2, 0.25) is 0 Å². The Balaban J connectivity index is 2.13. The quantitative estimate of drug-likeness (QED) is 0.588. The van der Waals surface area contributed by atoms with Gasteiger partial charge in [-0.1, -0.05) is 38.1 Å². The average molecular weight is 340 g/mol. The van der Waals surface area contributed by atoms with E-state index in [0.717, 1.165) is 23.1 Å². The van der Waals surface area contributed by atoms with Crippen LogP contribution >= 0.6 is 0 Å². The maximum atomic E-state index is 11.6. The van der Waals surface area contributed by atoms with Crippen LogP contribution in [0.3, 0.4) is 0 Å². The van der Waals surface area contributed by atoms with Crippen molar-refractivity contribution < 1.29 is 19.4 Å². The second-order valence-corrected chi connectivity index (χ2v) is 6.41. The summed E-state index contributed by atoms with van der Waals surface area (Å²) in [6.07, 6.45) is 1.11. The van der Waals surface area contributed by atoms with Crippen LogP contribution in [-0.4, -0.2) is 16.9 Å². The van der Waals surface area contributed by atoms with Crippen LogP contribution in [0.4, 0.5) is 0 Å². The van der Waals surface area contributed by atoms with E-state index in [-0.39, 0.29) is 5.56 Å². The zero-order valence-corrected chi connectivity index (χ0v) is 15.1. The Labute approximate surface area is 148 Å². The summed E-state index contributed by atoms with van der Waals surface area (Å²) in [6.45, 7) is 8.43. The number of carbonyl (C=O) groups excluding carboxylic acids is 1. The lowest BCUT2D eigenvalue weighted by Crippen LogP contribution is -2.13. The Hall–Kier alpha value is -2.62. The van der Waals surface area contributed by atoms with Crippen molar-refractivity contribution in [2.24, 2.45) is 0 Å². The molecule has 0 aliphatic carbocycles. The molecule has 4 nitrogen and oxygen atoms in total. The van der Waals surface area contributed by atoms with E-state index in [2.05, 4.69) is 38.1 Å². The SMILES string of the molecule is CCC(C)c1ccc(COc2c(C)cc(C(=O)C(=O)O)cc2C)cc1. The molecule has 132 valence electrons. The molecule has 0 spiro atoms. The zero-order chi connectivity index (χ0) is 18.6. The standard InChI is InChI=1S/C21H24O4/c1-5-13(2)17-8-6-16(7-9-17)12-25-20-14(3)10-18(11-15(20)4)19(22)21(23)24/h6-11,13H,5,12H2,1-4H3,(H,23,24). The van der Waals surface area contributed by atoms with Gasteiger partial charge in [-0.2, -0.15) is 0 Å². The first kappa shape index (κ1) is 18.7. The number of rotatable bonds is 7. The molecule has 0 heterocycles. The largest absolute Gasteiger partial charge is 0.488 e. The number of Topliss-reactive ketones (excluding diaryl/α,β-unsaturated/α-hetero) is 1. The first-order chi connectivity index (χ1) is 11.8. The minimum absolute atomic E-state index is 0.174. The first-order valence-electron chi connectivity index (χ1n) is 8.44. The number of hydrogen-bond acceptors (Lipinski definition) is 3. The highest BCUT2D eigenvalue weighted by molar-refractivity contribution is 6.39. The third-order valence-corrected chi connectivity index (χ3v) is 4.46. The highest BCUT2D eigenvalue weighted by Gasteiger charge is 2.17. The number of ether oxygens (including phenoxy) is 1. The van der Waals surface area contributed by atoms with Gasteiger partial charge >= 0.3 is 5.97 Å². The van der Waals surface area contributed by atoms with Crippen LogP contribution in [0.5, 0.6) is 5.75 Å². The summed E-state index contributed by atoms with van der Waals surface area (Å²) in [6, 6.07) is 11.5. The molecular formula is C21H24O4. The molecule has 4 heteroatoms. The number of ketones is 1. The fourth-order valence-electron chi connectivity index (χ4n) is 2.77. The van der Waals surface area contributed by atoms with Gasteiger partial charge in [0.15, 0.2) is 0 Å². The van der Waals surface area contributed by atoms with Gasteiger partial charge in [0.05, 0.1) is 0 Å². The summed E-state index contributed by atoms with van der Waals surface area (Å²) in [5, 5.41) is 8.84. The molecule has 1 N–H and O–H groups in total. The van der Waals surface area contributed by atoms with E-state index in [0.29, 0.717) is 18.3 Å². The number of hydrogen-bond donors (Lipinski definition) is 1. The predicted octanol–water partition coefficient (Wildman–Crippen LogP) is 4.66. The highest BCUT2D eigenvalue weighted by atomic mass is 16.5. The van der Waals surface area contributed by atoms with Crippen molar-refractivity contribution in [2.75, 3.05) is 0 Å². The van der Waals surface area contributed by atoms with Crippen molar-refractivity contribution in [3.63, 3.8) is 0 Å². The van der Waals surface area contributed by atoms with E-state index in [1.165, 1.54) is 5.56 Å². The summed E-state index contributed by atoms with van der Waals surface area (Å²) >= 11 is 0. The van der Waals surface area contributed by atoms with Crippen LogP contribution in [-0.2, 0) is 11.4 Å². The van der Waals surface area contributed by atoms with Crippen LogP contribution in [0.2, 0.25) is 0 Å². The van der Waals surface area contributed by atoms with Crippen molar-refractivity contribution >= 4 is 11.8 Å². The average Bonchev–Trinajstić information content (AvgIpc) is 2.59. The molecule has 0 radical (unpaired) electrons. The fourth-order valence-corrected chi connectivity index (χ4v) is 2.77. The molecule has 0 saturated carbocycles. The summed E-state index contributed by atoms with van der Waals surface area (Å²) in [7, 11) is 0. The lowest BCUT2D eigenvalue weighted by Gasteiger charge is -2.14. The van der Waals surface area contributed by atoms with Crippen LogP contribution in [0, 0.1) is 13.8 Å². The molecule has 2 aromatic rings. The number of benzene rings is 2. The Kier molecular flexibility index (Phi) is 5.97. The topological polar surface area (TPSA) is 63.6 Å². The van der Waals surface area contributed by atoms with Gasteiger partial charge < -0.3 is 9.84 Å². The summed E-state index contributed by atoms with van der Waals surface area (Å²) < 4.78 is 5.92. The molecule has 0 aliphatic heterocycles. The smallest absolute Gasteiger partial charge is 0.377 e. The molecule has 1 unspecified atom stereocenters. The molecule has 2 aromatic carbocycles. The van der Waals surface area contributed by atoms with Gasteiger partial charge in [0.25, 0.3) is 5.78 Å². The summed E-state index contributed by atoms with van der Waals surface area (Å²) in [4.78, 5) is 22.4. The van der Waals surface area contributed by atoms with Gasteiger partial charge in [0, 0.05) is 5.56 Å². The zero-order valence-electron chi connectivity index (χ0n) is 15.1. The van der Waals surface area contributed by atoms with E-state index >= 15 is 0 Å². The Morgan fingerprint density at radius 1 is 1.08 bits per heavy atom. The van der Waals surface area contributed by atoms with Gasteiger partial charge in [-0.25, -0.2) is 4.79 Å².